The molecule has 0 spiro atoms. The summed E-state index contributed by atoms with van der Waals surface area (Å²) in [5, 5.41) is 13.4. The number of benzene rings is 1. The van der Waals surface area contributed by atoms with E-state index in [4.69, 9.17) is 5.11 Å². The fourth-order valence-corrected chi connectivity index (χ4v) is 3.90. The molecule has 1 aromatic carbocycles. The van der Waals surface area contributed by atoms with Crippen LogP contribution in [0, 0.1) is 0 Å². The third-order valence-electron chi connectivity index (χ3n) is 4.04. The molecular formula is C17H20N2O2S. The number of aryl methyl sites for hydroxylation is 2. The molecule has 0 aliphatic heterocycles. The number of nitrogens with one attached hydrogen (secondary N) is 1. The SMILES string of the molecule is CC(CC(=O)O)c1ccc(NCc2nc3c(s2)CCC3)cc1. The third-order valence-corrected chi connectivity index (χ3v) is 5.20. The van der Waals surface area contributed by atoms with E-state index in [-0.39, 0.29) is 12.3 Å². The van der Waals surface area contributed by atoms with Crippen molar-refractivity contribution < 1.29 is 9.90 Å². The minimum atomic E-state index is -0.758. The Morgan fingerprint density at radius 2 is 2.14 bits per heavy atom. The van der Waals surface area contributed by atoms with Gasteiger partial charge in [0, 0.05) is 10.6 Å². The first-order valence-electron chi connectivity index (χ1n) is 7.65. The lowest BCUT2D eigenvalue weighted by Crippen LogP contribution is -2.03. The molecule has 2 aromatic rings. The van der Waals surface area contributed by atoms with Crippen molar-refractivity contribution in [2.45, 2.75) is 45.1 Å². The molecule has 2 N–H and O–H groups in total. The van der Waals surface area contributed by atoms with Crippen LogP contribution in [-0.4, -0.2) is 16.1 Å². The van der Waals surface area contributed by atoms with Crippen molar-refractivity contribution in [3.8, 4) is 0 Å². The van der Waals surface area contributed by atoms with E-state index in [0.29, 0.717) is 0 Å². The summed E-state index contributed by atoms with van der Waals surface area (Å²) in [4.78, 5) is 16.9. The lowest BCUT2D eigenvalue weighted by Gasteiger charge is -2.10. The van der Waals surface area contributed by atoms with E-state index >= 15 is 0 Å². The maximum absolute atomic E-state index is 10.8. The molecule has 1 unspecified atom stereocenters. The van der Waals surface area contributed by atoms with Gasteiger partial charge < -0.3 is 10.4 Å². The molecular weight excluding hydrogens is 296 g/mol. The highest BCUT2D eigenvalue weighted by molar-refractivity contribution is 7.11. The smallest absolute Gasteiger partial charge is 0.303 e. The van der Waals surface area contributed by atoms with Gasteiger partial charge in [-0.3, -0.25) is 4.79 Å². The highest BCUT2D eigenvalue weighted by Gasteiger charge is 2.16. The average molecular weight is 316 g/mol. The van der Waals surface area contributed by atoms with Crippen molar-refractivity contribution in [2.75, 3.05) is 5.32 Å². The Morgan fingerprint density at radius 1 is 1.36 bits per heavy atom. The normalized spacial score (nSPS) is 14.6. The van der Waals surface area contributed by atoms with Gasteiger partial charge in [0.15, 0.2) is 0 Å². The summed E-state index contributed by atoms with van der Waals surface area (Å²) in [6, 6.07) is 8.01. The number of carboxylic acids is 1. The lowest BCUT2D eigenvalue weighted by molar-refractivity contribution is -0.137. The number of aliphatic carboxylic acids is 1. The number of hydrogen-bond donors (Lipinski definition) is 2. The van der Waals surface area contributed by atoms with Gasteiger partial charge in [0.2, 0.25) is 0 Å². The summed E-state index contributed by atoms with van der Waals surface area (Å²) in [5.74, 6) is -0.722. The van der Waals surface area contributed by atoms with Gasteiger partial charge in [-0.1, -0.05) is 19.1 Å². The molecule has 1 aliphatic rings. The van der Waals surface area contributed by atoms with E-state index in [1.807, 2.05) is 42.5 Å². The first-order valence-corrected chi connectivity index (χ1v) is 8.46. The Balaban J connectivity index is 1.57. The molecule has 1 heterocycles. The van der Waals surface area contributed by atoms with E-state index in [9.17, 15) is 4.79 Å². The van der Waals surface area contributed by atoms with Crippen LogP contribution in [0.3, 0.4) is 0 Å². The standard InChI is InChI=1S/C17H20N2O2S/c1-11(9-17(20)21)12-5-7-13(8-6-12)18-10-16-19-14-3-2-4-15(14)22-16/h5-8,11,18H,2-4,9-10H2,1H3,(H,20,21). The van der Waals surface area contributed by atoms with Gasteiger partial charge in [-0.25, -0.2) is 4.98 Å². The maximum Gasteiger partial charge on any atom is 0.303 e. The van der Waals surface area contributed by atoms with Crippen molar-refractivity contribution in [1.29, 1.82) is 0 Å². The summed E-state index contributed by atoms with van der Waals surface area (Å²) in [5.41, 5.74) is 3.39. The van der Waals surface area contributed by atoms with Crippen LogP contribution in [0.5, 0.6) is 0 Å². The van der Waals surface area contributed by atoms with E-state index in [2.05, 4.69) is 10.3 Å². The number of fused-ring (bicyclic) bond motifs is 1. The van der Waals surface area contributed by atoms with Gasteiger partial charge in [-0.05, 0) is 42.9 Å². The van der Waals surface area contributed by atoms with Crippen molar-refractivity contribution in [2.24, 2.45) is 0 Å². The van der Waals surface area contributed by atoms with Crippen LogP contribution in [-0.2, 0) is 24.2 Å². The quantitative estimate of drug-likeness (QED) is 0.850. The van der Waals surface area contributed by atoms with E-state index < -0.39 is 5.97 Å². The van der Waals surface area contributed by atoms with Gasteiger partial charge in [-0.15, -0.1) is 11.3 Å². The number of carboxylic acid groups (broad SMARTS) is 1. The molecule has 0 saturated carbocycles. The fraction of sp³-hybridized carbons (Fsp3) is 0.412. The lowest BCUT2D eigenvalue weighted by atomic mass is 9.98. The number of thiazole rings is 1. The number of anilines is 1. The Hall–Kier alpha value is -1.88. The number of nitrogens with zero attached hydrogens (tertiary/aromatic N) is 1. The molecule has 0 bridgehead atoms. The summed E-state index contributed by atoms with van der Waals surface area (Å²) in [7, 11) is 0. The van der Waals surface area contributed by atoms with E-state index in [0.717, 1.165) is 29.2 Å². The van der Waals surface area contributed by atoms with Crippen LogP contribution in [0.25, 0.3) is 0 Å². The average Bonchev–Trinajstić information content (AvgIpc) is 3.06. The van der Waals surface area contributed by atoms with Crippen LogP contribution in [0.2, 0.25) is 0 Å². The molecule has 22 heavy (non-hydrogen) atoms. The summed E-state index contributed by atoms with van der Waals surface area (Å²) in [6.45, 7) is 2.69. The van der Waals surface area contributed by atoms with Gasteiger partial charge in [0.1, 0.15) is 5.01 Å². The summed E-state index contributed by atoms with van der Waals surface area (Å²) in [6.07, 6.45) is 3.72. The minimum Gasteiger partial charge on any atom is -0.481 e. The van der Waals surface area contributed by atoms with Gasteiger partial charge in [0.25, 0.3) is 0 Å². The number of rotatable bonds is 6. The van der Waals surface area contributed by atoms with Gasteiger partial charge in [-0.2, -0.15) is 0 Å². The monoisotopic (exact) mass is 316 g/mol. The van der Waals surface area contributed by atoms with Crippen LogP contribution in [0.1, 0.15) is 46.8 Å². The molecule has 0 amide bonds. The second-order valence-electron chi connectivity index (χ2n) is 5.81. The molecule has 1 atom stereocenters. The van der Waals surface area contributed by atoms with Crippen molar-refractivity contribution >= 4 is 23.0 Å². The van der Waals surface area contributed by atoms with E-state index in [1.165, 1.54) is 23.4 Å². The molecule has 116 valence electrons. The van der Waals surface area contributed by atoms with E-state index in [1.54, 1.807) is 0 Å². The van der Waals surface area contributed by atoms with Crippen molar-refractivity contribution in [3.05, 3.63) is 45.4 Å². The molecule has 1 aromatic heterocycles. The summed E-state index contributed by atoms with van der Waals surface area (Å²) >= 11 is 1.82. The maximum atomic E-state index is 10.8. The van der Waals surface area contributed by atoms with Crippen LogP contribution >= 0.6 is 11.3 Å². The molecule has 0 saturated heterocycles. The topological polar surface area (TPSA) is 62.2 Å². The molecule has 4 nitrogen and oxygen atoms in total. The first-order chi connectivity index (χ1) is 10.6. The van der Waals surface area contributed by atoms with Crippen LogP contribution in [0.4, 0.5) is 5.69 Å². The number of hydrogen-bond acceptors (Lipinski definition) is 4. The predicted molar refractivity (Wildman–Crippen MR) is 88.6 cm³/mol. The predicted octanol–water partition coefficient (Wildman–Crippen LogP) is 3.82. The number of aromatic nitrogens is 1. The Bertz CT molecular complexity index is 642. The zero-order valence-electron chi connectivity index (χ0n) is 12.6. The highest BCUT2D eigenvalue weighted by Crippen LogP contribution is 2.28. The third kappa shape index (κ3) is 3.47. The zero-order valence-corrected chi connectivity index (χ0v) is 13.4. The van der Waals surface area contributed by atoms with Gasteiger partial charge in [0.05, 0.1) is 18.7 Å². The Labute approximate surface area is 134 Å². The largest absolute Gasteiger partial charge is 0.481 e. The Kier molecular flexibility index (Phi) is 4.43. The van der Waals surface area contributed by atoms with Crippen molar-refractivity contribution in [1.82, 2.24) is 4.98 Å². The summed E-state index contributed by atoms with van der Waals surface area (Å²) < 4.78 is 0. The molecule has 5 heteroatoms. The fourth-order valence-electron chi connectivity index (χ4n) is 2.81. The minimum absolute atomic E-state index is 0.0356. The van der Waals surface area contributed by atoms with Crippen molar-refractivity contribution in [3.63, 3.8) is 0 Å². The van der Waals surface area contributed by atoms with Crippen LogP contribution < -0.4 is 5.32 Å². The second kappa shape index (κ2) is 6.48. The Morgan fingerprint density at radius 3 is 2.82 bits per heavy atom. The van der Waals surface area contributed by atoms with Gasteiger partial charge >= 0.3 is 5.97 Å². The molecule has 0 fully saturated rings. The molecule has 0 radical (unpaired) electrons. The number of carbonyl (C=O) groups is 1. The van der Waals surface area contributed by atoms with Crippen LogP contribution in [0.15, 0.2) is 24.3 Å². The highest BCUT2D eigenvalue weighted by atomic mass is 32.1. The zero-order chi connectivity index (χ0) is 15.5. The molecule has 1 aliphatic carbocycles. The second-order valence-corrected chi connectivity index (χ2v) is 6.97. The first kappa shape index (κ1) is 15.0. The molecule has 3 rings (SSSR count).